The van der Waals surface area contributed by atoms with Gasteiger partial charge < -0.3 is 0 Å². The first kappa shape index (κ1) is 19.2. The van der Waals surface area contributed by atoms with Gasteiger partial charge in [-0.15, -0.1) is 0 Å². The Morgan fingerprint density at radius 2 is 1.11 bits per heavy atom. The van der Waals surface area contributed by atoms with E-state index in [9.17, 15) is 19.7 Å². The third-order valence-corrected chi connectivity index (χ3v) is 4.66. The molecule has 0 bridgehead atoms. The lowest BCUT2D eigenvalue weighted by Gasteiger charge is -2.23. The van der Waals surface area contributed by atoms with Gasteiger partial charge in [0.1, 0.15) is 0 Å². The lowest BCUT2D eigenvalue weighted by atomic mass is 9.77. The van der Waals surface area contributed by atoms with Crippen molar-refractivity contribution in [3.8, 4) is 0 Å². The Morgan fingerprint density at radius 1 is 0.714 bits per heavy atom. The second-order valence-corrected chi connectivity index (χ2v) is 6.47. The smallest absolute Gasteiger partial charge is 0.211 e. The van der Waals surface area contributed by atoms with E-state index in [4.69, 9.17) is 0 Å². The van der Waals surface area contributed by atoms with Crippen molar-refractivity contribution in [2.75, 3.05) is 6.54 Å². The summed E-state index contributed by atoms with van der Waals surface area (Å²) in [6.45, 7) is -0.508. The van der Waals surface area contributed by atoms with E-state index < -0.39 is 34.9 Å². The minimum Gasteiger partial charge on any atom is -0.293 e. The highest BCUT2D eigenvalue weighted by atomic mass is 16.6. The third kappa shape index (κ3) is 4.38. The fourth-order valence-electron chi connectivity index (χ4n) is 3.31. The van der Waals surface area contributed by atoms with Gasteiger partial charge in [0.2, 0.25) is 6.54 Å². The topological polar surface area (TPSA) is 77.3 Å². The lowest BCUT2D eigenvalue weighted by Crippen LogP contribution is -2.34. The molecule has 0 amide bonds. The van der Waals surface area contributed by atoms with Gasteiger partial charge in [0.25, 0.3) is 0 Å². The van der Waals surface area contributed by atoms with Gasteiger partial charge in [0.15, 0.2) is 11.6 Å². The molecule has 0 heterocycles. The molecule has 0 aliphatic carbocycles. The Morgan fingerprint density at radius 3 is 1.50 bits per heavy atom. The zero-order valence-electron chi connectivity index (χ0n) is 15.1. The number of Topliss-reactive ketones (excluding diaryl/α,β-unsaturated/α-hetero) is 2. The van der Waals surface area contributed by atoms with Crippen LogP contribution in [0.4, 0.5) is 0 Å². The largest absolute Gasteiger partial charge is 0.293 e. The zero-order valence-corrected chi connectivity index (χ0v) is 15.1. The van der Waals surface area contributed by atoms with Crippen LogP contribution < -0.4 is 0 Å². The summed E-state index contributed by atoms with van der Waals surface area (Å²) in [4.78, 5) is 37.5. The lowest BCUT2D eigenvalue weighted by molar-refractivity contribution is -0.484. The van der Waals surface area contributed by atoms with E-state index in [1.807, 2.05) is 0 Å². The van der Waals surface area contributed by atoms with Crippen LogP contribution in [0.15, 0.2) is 91.0 Å². The van der Waals surface area contributed by atoms with Crippen LogP contribution in [0.1, 0.15) is 32.2 Å². The van der Waals surface area contributed by atoms with Gasteiger partial charge in [-0.25, -0.2) is 0 Å². The van der Waals surface area contributed by atoms with Crippen LogP contribution in [-0.4, -0.2) is 23.0 Å². The number of hydrogen-bond acceptors (Lipinski definition) is 4. The van der Waals surface area contributed by atoms with Crippen LogP contribution in [0.25, 0.3) is 0 Å². The van der Waals surface area contributed by atoms with Gasteiger partial charge in [-0.2, -0.15) is 0 Å². The van der Waals surface area contributed by atoms with Gasteiger partial charge in [-0.3, -0.25) is 19.7 Å². The summed E-state index contributed by atoms with van der Waals surface area (Å²) in [5.41, 5.74) is 1.32. The molecule has 0 radical (unpaired) electrons. The van der Waals surface area contributed by atoms with Crippen molar-refractivity contribution in [1.82, 2.24) is 0 Å². The van der Waals surface area contributed by atoms with Crippen LogP contribution in [0.3, 0.4) is 0 Å². The monoisotopic (exact) mass is 373 g/mol. The Hall–Kier alpha value is -3.60. The zero-order chi connectivity index (χ0) is 19.9. The average molecular weight is 373 g/mol. The molecule has 5 nitrogen and oxygen atoms in total. The van der Waals surface area contributed by atoms with Crippen molar-refractivity contribution in [3.05, 3.63) is 118 Å². The Kier molecular flexibility index (Phi) is 6.07. The van der Waals surface area contributed by atoms with Crippen LogP contribution in [0.5, 0.6) is 0 Å². The second kappa shape index (κ2) is 8.86. The molecule has 1 atom stereocenters. The fourth-order valence-corrected chi connectivity index (χ4v) is 3.31. The highest BCUT2D eigenvalue weighted by Crippen LogP contribution is 2.31. The quantitative estimate of drug-likeness (QED) is 0.253. The van der Waals surface area contributed by atoms with E-state index >= 15 is 0 Å². The van der Waals surface area contributed by atoms with Gasteiger partial charge in [0, 0.05) is 16.1 Å². The van der Waals surface area contributed by atoms with Crippen LogP contribution in [0.2, 0.25) is 0 Å². The minimum atomic E-state index is -1.18. The molecule has 0 saturated carbocycles. The Bertz CT molecular complexity index is 904. The number of carbonyl (C=O) groups excluding carboxylic acids is 2. The molecule has 0 aliphatic rings. The van der Waals surface area contributed by atoms with Gasteiger partial charge >= 0.3 is 0 Å². The summed E-state index contributed by atoms with van der Waals surface area (Å²) in [6.07, 6.45) is 0. The Labute approximate surface area is 162 Å². The number of ketones is 2. The maximum atomic E-state index is 13.3. The van der Waals surface area contributed by atoms with Crippen LogP contribution in [0, 0.1) is 16.0 Å². The molecule has 3 aromatic rings. The summed E-state index contributed by atoms with van der Waals surface area (Å²) in [6, 6.07) is 25.6. The molecule has 0 aliphatic heterocycles. The summed E-state index contributed by atoms with van der Waals surface area (Å²) in [5.74, 6) is -2.87. The number of hydrogen-bond donors (Lipinski definition) is 0. The maximum Gasteiger partial charge on any atom is 0.211 e. The molecule has 3 aromatic carbocycles. The predicted octanol–water partition coefficient (Wildman–Crippen LogP) is 4.43. The number of benzene rings is 3. The number of nitro groups is 1. The van der Waals surface area contributed by atoms with Crippen molar-refractivity contribution in [2.24, 2.45) is 5.92 Å². The molecule has 0 aromatic heterocycles. The minimum absolute atomic E-state index is 0.362. The normalized spacial score (nSPS) is 11.8. The van der Waals surface area contributed by atoms with Gasteiger partial charge in [-0.1, -0.05) is 91.0 Å². The summed E-state index contributed by atoms with van der Waals surface area (Å²) in [7, 11) is 0. The van der Waals surface area contributed by atoms with Crippen molar-refractivity contribution in [1.29, 1.82) is 0 Å². The molecule has 0 N–H and O–H groups in total. The van der Waals surface area contributed by atoms with E-state index in [1.165, 1.54) is 0 Å². The summed E-state index contributed by atoms with van der Waals surface area (Å²) < 4.78 is 0. The van der Waals surface area contributed by atoms with Gasteiger partial charge in [-0.05, 0) is 5.56 Å². The Balaban J connectivity index is 2.11. The highest BCUT2D eigenvalue weighted by Gasteiger charge is 2.39. The molecule has 0 fully saturated rings. The first-order chi connectivity index (χ1) is 13.6. The fraction of sp³-hybridized carbons (Fsp3) is 0.130. The average Bonchev–Trinajstić information content (AvgIpc) is 2.74. The number of rotatable bonds is 8. The summed E-state index contributed by atoms with van der Waals surface area (Å²) >= 11 is 0. The summed E-state index contributed by atoms with van der Waals surface area (Å²) in [5, 5.41) is 11.4. The van der Waals surface area contributed by atoms with E-state index in [0.717, 1.165) is 0 Å². The molecule has 5 heteroatoms. The number of nitrogens with zero attached hydrogens (tertiary/aromatic N) is 1. The van der Waals surface area contributed by atoms with Crippen molar-refractivity contribution < 1.29 is 14.5 Å². The molecular weight excluding hydrogens is 354 g/mol. The van der Waals surface area contributed by atoms with Crippen LogP contribution in [-0.2, 0) is 0 Å². The van der Waals surface area contributed by atoms with E-state index in [1.54, 1.807) is 91.0 Å². The second-order valence-electron chi connectivity index (χ2n) is 6.47. The maximum absolute atomic E-state index is 13.3. The molecule has 0 spiro atoms. The van der Waals surface area contributed by atoms with E-state index in [-0.39, 0.29) is 0 Å². The molecule has 0 unspecified atom stereocenters. The van der Waals surface area contributed by atoms with Crippen molar-refractivity contribution >= 4 is 11.6 Å². The molecule has 3 rings (SSSR count). The molecule has 28 heavy (non-hydrogen) atoms. The predicted molar refractivity (Wildman–Crippen MR) is 106 cm³/mol. The number of carbonyl (C=O) groups is 2. The first-order valence-corrected chi connectivity index (χ1v) is 8.93. The van der Waals surface area contributed by atoms with Crippen molar-refractivity contribution in [2.45, 2.75) is 5.92 Å². The van der Waals surface area contributed by atoms with Crippen LogP contribution >= 0.6 is 0 Å². The SMILES string of the molecule is O=C(c1ccccc1)C(C(=O)c1ccccc1)[C@@H](C[N+](=O)[O-])c1ccccc1. The third-order valence-electron chi connectivity index (χ3n) is 4.66. The highest BCUT2D eigenvalue weighted by molar-refractivity contribution is 6.16. The molecule has 140 valence electrons. The molecular formula is C23H19NO4. The van der Waals surface area contributed by atoms with Gasteiger partial charge in [0.05, 0.1) is 11.8 Å². The first-order valence-electron chi connectivity index (χ1n) is 8.93. The van der Waals surface area contributed by atoms with E-state index in [0.29, 0.717) is 16.7 Å². The molecule has 0 saturated heterocycles. The van der Waals surface area contributed by atoms with E-state index in [2.05, 4.69) is 0 Å². The van der Waals surface area contributed by atoms with Crippen molar-refractivity contribution in [3.63, 3.8) is 0 Å². The standard InChI is InChI=1S/C23H19NO4/c25-22(18-12-6-2-7-13-18)21(23(26)19-14-8-3-9-15-19)20(16-24(27)28)17-10-4-1-5-11-17/h1-15,20-21H,16H2/t20-/m0/s1.